The van der Waals surface area contributed by atoms with Crippen LogP contribution in [0.15, 0.2) is 24.3 Å². The highest BCUT2D eigenvalue weighted by molar-refractivity contribution is 5.27. The summed E-state index contributed by atoms with van der Waals surface area (Å²) in [5, 5.41) is 14.1. The van der Waals surface area contributed by atoms with Crippen LogP contribution in [-0.2, 0) is 7.05 Å². The molecular weight excluding hydrogens is 226 g/mol. The minimum atomic E-state index is -1.09. The maximum atomic E-state index is 13.0. The first kappa shape index (κ1) is 11.7. The maximum absolute atomic E-state index is 13.0. The van der Waals surface area contributed by atoms with E-state index in [2.05, 4.69) is 5.10 Å². The predicted molar refractivity (Wildman–Crippen MR) is 58.4 cm³/mol. The van der Waals surface area contributed by atoms with Crippen LogP contribution >= 0.6 is 0 Å². The molecule has 2 rings (SSSR count). The third-order valence-corrected chi connectivity index (χ3v) is 2.52. The molecule has 1 aromatic heterocycles. The fourth-order valence-corrected chi connectivity index (χ4v) is 1.79. The molecule has 0 radical (unpaired) electrons. The molecule has 0 bridgehead atoms. The number of halogens is 2. The van der Waals surface area contributed by atoms with E-state index < -0.39 is 17.7 Å². The number of aliphatic hydroxyl groups excluding tert-OH is 1. The number of rotatable bonds is 2. The van der Waals surface area contributed by atoms with Crippen molar-refractivity contribution in [3.05, 3.63) is 52.9 Å². The first-order valence-corrected chi connectivity index (χ1v) is 5.12. The lowest BCUT2D eigenvalue weighted by molar-refractivity contribution is 0.208. The highest BCUT2D eigenvalue weighted by Crippen LogP contribution is 2.23. The number of nitrogens with zero attached hydrogens (tertiary/aromatic N) is 2. The smallest absolute Gasteiger partial charge is 0.126 e. The predicted octanol–water partition coefficient (Wildman–Crippen LogP) is 2.09. The van der Waals surface area contributed by atoms with E-state index in [0.717, 1.165) is 23.9 Å². The Morgan fingerprint density at radius 3 is 2.24 bits per heavy atom. The van der Waals surface area contributed by atoms with E-state index >= 15 is 0 Å². The lowest BCUT2D eigenvalue weighted by atomic mass is 10.1. The van der Waals surface area contributed by atoms with Gasteiger partial charge in [0.2, 0.25) is 0 Å². The van der Waals surface area contributed by atoms with Gasteiger partial charge < -0.3 is 5.11 Å². The van der Waals surface area contributed by atoms with Crippen LogP contribution in [0.4, 0.5) is 8.78 Å². The van der Waals surface area contributed by atoms with E-state index in [1.54, 1.807) is 20.0 Å². The summed E-state index contributed by atoms with van der Waals surface area (Å²) in [5.74, 6) is -1.42. The number of hydrogen-bond donors (Lipinski definition) is 1. The molecule has 0 aliphatic heterocycles. The van der Waals surface area contributed by atoms with E-state index in [4.69, 9.17) is 0 Å². The van der Waals surface area contributed by atoms with Gasteiger partial charge in [-0.2, -0.15) is 5.10 Å². The number of hydrogen-bond acceptors (Lipinski definition) is 2. The summed E-state index contributed by atoms with van der Waals surface area (Å²) in [4.78, 5) is 0. The maximum Gasteiger partial charge on any atom is 0.126 e. The van der Waals surface area contributed by atoms with E-state index in [9.17, 15) is 13.9 Å². The number of aliphatic hydroxyl groups is 1. The molecule has 0 saturated carbocycles. The minimum Gasteiger partial charge on any atom is -0.382 e. The van der Waals surface area contributed by atoms with Crippen LogP contribution in [0.25, 0.3) is 0 Å². The first-order chi connectivity index (χ1) is 7.97. The third-order valence-electron chi connectivity index (χ3n) is 2.52. The minimum absolute atomic E-state index is 0.172. The van der Waals surface area contributed by atoms with Gasteiger partial charge in [-0.15, -0.1) is 0 Å². The van der Waals surface area contributed by atoms with Gasteiger partial charge in [0.25, 0.3) is 0 Å². The van der Waals surface area contributed by atoms with Gasteiger partial charge in [-0.1, -0.05) is 0 Å². The molecule has 0 amide bonds. The molecule has 17 heavy (non-hydrogen) atoms. The zero-order valence-electron chi connectivity index (χ0n) is 9.48. The van der Waals surface area contributed by atoms with Crippen molar-refractivity contribution in [2.45, 2.75) is 13.0 Å². The second-order valence-electron chi connectivity index (χ2n) is 3.94. The van der Waals surface area contributed by atoms with Crippen LogP contribution < -0.4 is 0 Å². The van der Waals surface area contributed by atoms with Crippen molar-refractivity contribution in [1.82, 2.24) is 9.78 Å². The molecule has 90 valence electrons. The monoisotopic (exact) mass is 238 g/mol. The summed E-state index contributed by atoms with van der Waals surface area (Å²) in [5.41, 5.74) is 1.40. The first-order valence-electron chi connectivity index (χ1n) is 5.12. The second kappa shape index (κ2) is 4.25. The Kier molecular flexibility index (Phi) is 2.93. The lowest BCUT2D eigenvalue weighted by Gasteiger charge is -2.11. The lowest BCUT2D eigenvalue weighted by Crippen LogP contribution is -2.07. The van der Waals surface area contributed by atoms with Crippen molar-refractivity contribution in [3.63, 3.8) is 0 Å². The molecule has 0 aliphatic carbocycles. The molecule has 1 unspecified atom stereocenters. The van der Waals surface area contributed by atoms with Crippen LogP contribution in [0.3, 0.4) is 0 Å². The summed E-state index contributed by atoms with van der Waals surface area (Å²) < 4.78 is 27.6. The van der Waals surface area contributed by atoms with Gasteiger partial charge >= 0.3 is 0 Å². The molecule has 5 heteroatoms. The van der Waals surface area contributed by atoms with Crippen LogP contribution in [0, 0.1) is 18.6 Å². The number of benzene rings is 1. The summed E-state index contributed by atoms with van der Waals surface area (Å²) >= 11 is 0. The van der Waals surface area contributed by atoms with Crippen LogP contribution in [0.2, 0.25) is 0 Å². The van der Waals surface area contributed by atoms with Gasteiger partial charge in [0.15, 0.2) is 0 Å². The molecule has 1 heterocycles. The van der Waals surface area contributed by atoms with Gasteiger partial charge in [0.05, 0.1) is 11.4 Å². The fraction of sp³-hybridized carbons (Fsp3) is 0.250. The highest BCUT2D eigenvalue weighted by atomic mass is 19.1. The zero-order valence-corrected chi connectivity index (χ0v) is 9.48. The van der Waals surface area contributed by atoms with E-state index in [1.807, 2.05) is 0 Å². The van der Waals surface area contributed by atoms with E-state index in [0.29, 0.717) is 5.69 Å². The van der Waals surface area contributed by atoms with Crippen molar-refractivity contribution < 1.29 is 13.9 Å². The summed E-state index contributed by atoms with van der Waals surface area (Å²) in [6.07, 6.45) is -1.09. The molecule has 0 spiro atoms. The largest absolute Gasteiger partial charge is 0.382 e. The molecular formula is C12H12F2N2O. The normalized spacial score (nSPS) is 12.8. The van der Waals surface area contributed by atoms with E-state index in [1.165, 1.54) is 4.68 Å². The Morgan fingerprint density at radius 2 is 1.76 bits per heavy atom. The Labute approximate surface area is 97.3 Å². The quantitative estimate of drug-likeness (QED) is 0.870. The molecule has 2 aromatic rings. The Hall–Kier alpha value is -1.75. The summed E-state index contributed by atoms with van der Waals surface area (Å²) in [6.45, 7) is 1.78. The second-order valence-corrected chi connectivity index (χ2v) is 3.94. The van der Waals surface area contributed by atoms with E-state index in [-0.39, 0.29) is 5.56 Å². The van der Waals surface area contributed by atoms with Crippen molar-refractivity contribution in [1.29, 1.82) is 0 Å². The molecule has 3 nitrogen and oxygen atoms in total. The van der Waals surface area contributed by atoms with Crippen molar-refractivity contribution in [3.8, 4) is 0 Å². The third kappa shape index (κ3) is 2.34. The topological polar surface area (TPSA) is 38.0 Å². The average Bonchev–Trinajstić information content (AvgIpc) is 2.55. The van der Waals surface area contributed by atoms with Crippen molar-refractivity contribution in [2.24, 2.45) is 7.05 Å². The van der Waals surface area contributed by atoms with Gasteiger partial charge in [-0.25, -0.2) is 8.78 Å². The molecule has 1 atom stereocenters. The Balaban J connectivity index is 2.43. The molecule has 0 saturated heterocycles. The SMILES string of the molecule is Cc1cc(C(O)c2cc(F)cc(F)c2)n(C)n1. The van der Waals surface area contributed by atoms with Gasteiger partial charge in [0.1, 0.15) is 17.7 Å². The highest BCUT2D eigenvalue weighted by Gasteiger charge is 2.16. The average molecular weight is 238 g/mol. The Bertz CT molecular complexity index is 531. The Morgan fingerprint density at radius 1 is 1.18 bits per heavy atom. The number of aromatic nitrogens is 2. The van der Waals surface area contributed by atoms with Crippen molar-refractivity contribution >= 4 is 0 Å². The fourth-order valence-electron chi connectivity index (χ4n) is 1.79. The van der Waals surface area contributed by atoms with Gasteiger partial charge in [-0.3, -0.25) is 4.68 Å². The van der Waals surface area contributed by atoms with Gasteiger partial charge in [-0.05, 0) is 30.7 Å². The van der Waals surface area contributed by atoms with Crippen molar-refractivity contribution in [2.75, 3.05) is 0 Å². The van der Waals surface area contributed by atoms with Crippen LogP contribution in [-0.4, -0.2) is 14.9 Å². The molecule has 0 aliphatic rings. The summed E-state index contributed by atoms with van der Waals surface area (Å²) in [7, 11) is 1.67. The summed E-state index contributed by atoms with van der Waals surface area (Å²) in [6, 6.07) is 4.66. The molecule has 1 aromatic carbocycles. The van der Waals surface area contributed by atoms with Crippen LogP contribution in [0.1, 0.15) is 23.1 Å². The number of aryl methyl sites for hydroxylation is 2. The standard InChI is InChI=1S/C12H12F2N2O/c1-7-3-11(16(2)15-7)12(17)8-4-9(13)6-10(14)5-8/h3-6,12,17H,1-2H3. The van der Waals surface area contributed by atoms with Crippen LogP contribution in [0.5, 0.6) is 0 Å². The zero-order chi connectivity index (χ0) is 12.6. The van der Waals surface area contributed by atoms with Gasteiger partial charge in [0, 0.05) is 13.1 Å². The molecule has 1 N–H and O–H groups in total. The molecule has 0 fully saturated rings.